The van der Waals surface area contributed by atoms with Crippen LogP contribution < -0.4 is 5.32 Å². The molecule has 0 spiro atoms. The highest BCUT2D eigenvalue weighted by Gasteiger charge is 2.08. The number of benzene rings is 1. The maximum atomic E-state index is 13.0. The van der Waals surface area contributed by atoms with Gasteiger partial charge >= 0.3 is 0 Å². The zero-order valence-electron chi connectivity index (χ0n) is 9.59. The Labute approximate surface area is 91.7 Å². The fraction of sp³-hybridized carbons (Fsp3) is 0.538. The average Bonchev–Trinajstić information content (AvgIpc) is 2.24. The fourth-order valence-corrected chi connectivity index (χ4v) is 1.71. The highest BCUT2D eigenvalue weighted by Crippen LogP contribution is 2.19. The monoisotopic (exact) mass is 209 g/mol. The molecule has 0 bridgehead atoms. The van der Waals surface area contributed by atoms with Crippen LogP contribution in [0.15, 0.2) is 24.3 Å². The molecule has 0 aliphatic carbocycles. The van der Waals surface area contributed by atoms with Crippen LogP contribution in [0.2, 0.25) is 0 Å². The molecule has 1 nitrogen and oxygen atoms in total. The Morgan fingerprint density at radius 1 is 1.33 bits per heavy atom. The lowest BCUT2D eigenvalue weighted by atomic mass is 9.96. The van der Waals surface area contributed by atoms with E-state index in [1.165, 1.54) is 6.07 Å². The molecule has 1 unspecified atom stereocenters. The van der Waals surface area contributed by atoms with Crippen LogP contribution in [0.4, 0.5) is 4.39 Å². The first-order chi connectivity index (χ1) is 7.27. The van der Waals surface area contributed by atoms with Gasteiger partial charge in [-0.3, -0.25) is 0 Å². The summed E-state index contributed by atoms with van der Waals surface area (Å²) in [5.41, 5.74) is 1.10. The van der Waals surface area contributed by atoms with Crippen LogP contribution >= 0.6 is 0 Å². The summed E-state index contributed by atoms with van der Waals surface area (Å²) >= 11 is 0. The van der Waals surface area contributed by atoms with Gasteiger partial charge in [0.05, 0.1) is 0 Å². The third-order valence-electron chi connectivity index (χ3n) is 2.63. The van der Waals surface area contributed by atoms with Crippen LogP contribution in [0.5, 0.6) is 0 Å². The number of hydrogen-bond donors (Lipinski definition) is 1. The molecule has 1 atom stereocenters. The second kappa shape index (κ2) is 6.57. The molecule has 0 fully saturated rings. The zero-order valence-corrected chi connectivity index (χ0v) is 9.59. The normalized spacial score (nSPS) is 12.7. The lowest BCUT2D eigenvalue weighted by molar-refractivity contribution is 0.560. The summed E-state index contributed by atoms with van der Waals surface area (Å²) in [6.45, 7) is 6.26. The van der Waals surface area contributed by atoms with Crippen LogP contribution in [0.25, 0.3) is 0 Å². The quantitative estimate of drug-likeness (QED) is 0.709. The van der Waals surface area contributed by atoms with Crippen LogP contribution in [0, 0.1) is 5.82 Å². The van der Waals surface area contributed by atoms with Gasteiger partial charge in [0.1, 0.15) is 5.82 Å². The first-order valence-corrected chi connectivity index (χ1v) is 5.74. The Morgan fingerprint density at radius 2 is 2.13 bits per heavy atom. The third-order valence-corrected chi connectivity index (χ3v) is 2.63. The highest BCUT2D eigenvalue weighted by atomic mass is 19.1. The molecule has 1 rings (SSSR count). The first-order valence-electron chi connectivity index (χ1n) is 5.74. The van der Waals surface area contributed by atoms with Crippen LogP contribution in [0.1, 0.15) is 38.2 Å². The van der Waals surface area contributed by atoms with Crippen molar-refractivity contribution in [3.63, 3.8) is 0 Å². The van der Waals surface area contributed by atoms with E-state index in [2.05, 4.69) is 19.2 Å². The van der Waals surface area contributed by atoms with Gasteiger partial charge in [0.25, 0.3) is 0 Å². The Kier molecular flexibility index (Phi) is 5.33. The summed E-state index contributed by atoms with van der Waals surface area (Å²) in [6.07, 6.45) is 2.18. The molecule has 1 N–H and O–H groups in total. The minimum atomic E-state index is -0.138. The summed E-state index contributed by atoms with van der Waals surface area (Å²) in [5.74, 6) is 0.286. The SMILES string of the molecule is CCCNCC(CC)c1cccc(F)c1. The summed E-state index contributed by atoms with van der Waals surface area (Å²) in [6, 6.07) is 6.93. The molecule has 1 aromatic rings. The highest BCUT2D eigenvalue weighted by molar-refractivity contribution is 5.20. The number of nitrogens with one attached hydrogen (secondary N) is 1. The van der Waals surface area contributed by atoms with Crippen LogP contribution in [-0.4, -0.2) is 13.1 Å². The zero-order chi connectivity index (χ0) is 11.1. The molecule has 0 radical (unpaired) electrons. The van der Waals surface area contributed by atoms with Crippen LogP contribution in [-0.2, 0) is 0 Å². The minimum Gasteiger partial charge on any atom is -0.316 e. The van der Waals surface area contributed by atoms with E-state index >= 15 is 0 Å². The fourth-order valence-electron chi connectivity index (χ4n) is 1.71. The molecular weight excluding hydrogens is 189 g/mol. The van der Waals surface area contributed by atoms with Gasteiger partial charge in [-0.05, 0) is 43.0 Å². The van der Waals surface area contributed by atoms with Crippen molar-refractivity contribution in [2.45, 2.75) is 32.6 Å². The van der Waals surface area contributed by atoms with Crippen molar-refractivity contribution >= 4 is 0 Å². The van der Waals surface area contributed by atoms with Gasteiger partial charge in [-0.25, -0.2) is 4.39 Å². The molecule has 0 saturated carbocycles. The Balaban J connectivity index is 2.57. The molecule has 0 aliphatic rings. The maximum absolute atomic E-state index is 13.0. The molecule has 15 heavy (non-hydrogen) atoms. The van der Waals surface area contributed by atoms with Crippen molar-refractivity contribution in [1.82, 2.24) is 5.32 Å². The van der Waals surface area contributed by atoms with Gasteiger partial charge in [0.15, 0.2) is 0 Å². The second-order valence-electron chi connectivity index (χ2n) is 3.86. The molecule has 0 amide bonds. The van der Waals surface area contributed by atoms with Crippen molar-refractivity contribution in [1.29, 1.82) is 0 Å². The lowest BCUT2D eigenvalue weighted by Gasteiger charge is -2.16. The smallest absolute Gasteiger partial charge is 0.123 e. The number of rotatable bonds is 6. The average molecular weight is 209 g/mol. The summed E-state index contributed by atoms with van der Waals surface area (Å²) < 4.78 is 13.0. The van der Waals surface area contributed by atoms with E-state index in [1.54, 1.807) is 12.1 Å². The minimum absolute atomic E-state index is 0.138. The lowest BCUT2D eigenvalue weighted by Crippen LogP contribution is -2.22. The third kappa shape index (κ3) is 4.00. The van der Waals surface area contributed by atoms with Crippen molar-refractivity contribution in [3.05, 3.63) is 35.6 Å². The van der Waals surface area contributed by atoms with Crippen LogP contribution in [0.3, 0.4) is 0 Å². The number of hydrogen-bond acceptors (Lipinski definition) is 1. The molecule has 84 valence electrons. The molecule has 2 heteroatoms. The summed E-state index contributed by atoms with van der Waals surface area (Å²) in [4.78, 5) is 0. The van der Waals surface area contributed by atoms with Gasteiger partial charge in [0.2, 0.25) is 0 Å². The van der Waals surface area contributed by atoms with Crippen molar-refractivity contribution in [2.24, 2.45) is 0 Å². The standard InChI is InChI=1S/C13H20FN/c1-3-8-15-10-11(4-2)12-6-5-7-13(14)9-12/h5-7,9,11,15H,3-4,8,10H2,1-2H3. The predicted molar refractivity (Wildman–Crippen MR) is 62.6 cm³/mol. The predicted octanol–water partition coefficient (Wildman–Crippen LogP) is 3.32. The van der Waals surface area contributed by atoms with E-state index in [0.717, 1.165) is 31.5 Å². The first kappa shape index (κ1) is 12.2. The molecular formula is C13H20FN. The Morgan fingerprint density at radius 3 is 2.73 bits per heavy atom. The van der Waals surface area contributed by atoms with Gasteiger partial charge in [-0.2, -0.15) is 0 Å². The van der Waals surface area contributed by atoms with Gasteiger partial charge < -0.3 is 5.32 Å². The van der Waals surface area contributed by atoms with Crippen molar-refractivity contribution in [3.8, 4) is 0 Å². The molecule has 0 aromatic heterocycles. The van der Waals surface area contributed by atoms with Gasteiger partial charge in [-0.15, -0.1) is 0 Å². The molecule has 0 heterocycles. The largest absolute Gasteiger partial charge is 0.316 e. The van der Waals surface area contributed by atoms with E-state index in [1.807, 2.05) is 6.07 Å². The Hall–Kier alpha value is -0.890. The molecule has 0 saturated heterocycles. The van der Waals surface area contributed by atoms with Crippen molar-refractivity contribution in [2.75, 3.05) is 13.1 Å². The van der Waals surface area contributed by atoms with E-state index in [0.29, 0.717) is 5.92 Å². The molecule has 0 aliphatic heterocycles. The van der Waals surface area contributed by atoms with Gasteiger partial charge in [0, 0.05) is 6.54 Å². The van der Waals surface area contributed by atoms with Gasteiger partial charge in [-0.1, -0.05) is 26.0 Å². The Bertz CT molecular complexity index is 286. The van der Waals surface area contributed by atoms with E-state index in [-0.39, 0.29) is 5.82 Å². The van der Waals surface area contributed by atoms with E-state index < -0.39 is 0 Å². The number of halogens is 1. The second-order valence-corrected chi connectivity index (χ2v) is 3.86. The maximum Gasteiger partial charge on any atom is 0.123 e. The summed E-state index contributed by atoms with van der Waals surface area (Å²) in [7, 11) is 0. The summed E-state index contributed by atoms with van der Waals surface area (Å²) in [5, 5.41) is 3.38. The van der Waals surface area contributed by atoms with E-state index in [4.69, 9.17) is 0 Å². The molecule has 1 aromatic carbocycles. The van der Waals surface area contributed by atoms with Crippen molar-refractivity contribution < 1.29 is 4.39 Å². The van der Waals surface area contributed by atoms with E-state index in [9.17, 15) is 4.39 Å². The topological polar surface area (TPSA) is 12.0 Å².